The van der Waals surface area contributed by atoms with Crippen LogP contribution >= 0.6 is 0 Å². The second-order valence-corrected chi connectivity index (χ2v) is 12.5. The summed E-state index contributed by atoms with van der Waals surface area (Å²) in [6.07, 6.45) is 31.0. The summed E-state index contributed by atoms with van der Waals surface area (Å²) in [4.78, 5) is 0. The Hall–Kier alpha value is 0. The number of rotatable bonds is 0. The molecule has 7 rings (SSSR count). The van der Waals surface area contributed by atoms with Crippen molar-refractivity contribution in [2.75, 3.05) is 0 Å². The molecule has 0 radical (unpaired) electrons. The molecular weight excluding hydrogens is 348 g/mol. The van der Waals surface area contributed by atoms with Gasteiger partial charge in [-0.1, -0.05) is 103 Å². The van der Waals surface area contributed by atoms with Crippen molar-refractivity contribution < 1.29 is 0 Å². The predicted octanol–water partition coefficient (Wildman–Crippen LogP) is 9.18. The summed E-state index contributed by atoms with van der Waals surface area (Å²) in [7, 11) is 0. The smallest absolute Gasteiger partial charge is 0.0238 e. The molecular formula is C29H50. The van der Waals surface area contributed by atoms with Crippen molar-refractivity contribution in [3.63, 3.8) is 0 Å². The van der Waals surface area contributed by atoms with E-state index in [0.29, 0.717) is 0 Å². The highest BCUT2D eigenvalue weighted by Gasteiger charge is 2.72. The third-order valence-electron chi connectivity index (χ3n) is 11.4. The van der Waals surface area contributed by atoms with Gasteiger partial charge in [-0.25, -0.2) is 0 Å². The molecule has 8 bridgehead atoms. The van der Waals surface area contributed by atoms with Crippen LogP contribution in [0.5, 0.6) is 0 Å². The maximum Gasteiger partial charge on any atom is -0.0238 e. The molecule has 0 N–H and O–H groups in total. The molecule has 0 aromatic heterocycles. The van der Waals surface area contributed by atoms with Gasteiger partial charge in [0.1, 0.15) is 0 Å². The van der Waals surface area contributed by atoms with Gasteiger partial charge in [0, 0.05) is 0 Å². The minimum Gasteiger partial charge on any atom is -0.0588 e. The van der Waals surface area contributed by atoms with E-state index < -0.39 is 0 Å². The Morgan fingerprint density at radius 1 is 0.448 bits per heavy atom. The van der Waals surface area contributed by atoms with Gasteiger partial charge in [0.05, 0.1) is 0 Å². The van der Waals surface area contributed by atoms with Gasteiger partial charge in [-0.05, 0) is 78.9 Å². The number of hydrogen-bond acceptors (Lipinski definition) is 0. The fourth-order valence-electron chi connectivity index (χ4n) is 9.67. The van der Waals surface area contributed by atoms with E-state index >= 15 is 0 Å². The molecule has 0 amide bonds. The van der Waals surface area contributed by atoms with Crippen LogP contribution in [0.4, 0.5) is 0 Å². The van der Waals surface area contributed by atoms with Crippen LogP contribution in [0.3, 0.4) is 0 Å². The van der Waals surface area contributed by atoms with Gasteiger partial charge in [0.15, 0.2) is 0 Å². The topological polar surface area (TPSA) is 0 Å². The van der Waals surface area contributed by atoms with Gasteiger partial charge in [-0.2, -0.15) is 0 Å². The van der Waals surface area contributed by atoms with Crippen LogP contribution in [0.1, 0.15) is 135 Å². The molecule has 0 saturated heterocycles. The summed E-state index contributed by atoms with van der Waals surface area (Å²) in [6.45, 7) is 2.78. The van der Waals surface area contributed by atoms with Crippen LogP contribution < -0.4 is 0 Å². The minimum absolute atomic E-state index is 0.779. The summed E-state index contributed by atoms with van der Waals surface area (Å²) in [6, 6.07) is 0. The lowest BCUT2D eigenvalue weighted by atomic mass is 9.35. The molecule has 0 aliphatic heterocycles. The van der Waals surface area contributed by atoms with Crippen molar-refractivity contribution in [3.05, 3.63) is 0 Å². The third kappa shape index (κ3) is 3.86. The minimum atomic E-state index is 0.779. The maximum atomic E-state index is 2.78. The van der Waals surface area contributed by atoms with Gasteiger partial charge in [0.25, 0.3) is 0 Å². The van der Waals surface area contributed by atoms with Crippen molar-refractivity contribution >= 4 is 0 Å². The molecule has 0 heteroatoms. The average Bonchev–Trinajstić information content (AvgIpc) is 2.89. The van der Waals surface area contributed by atoms with E-state index in [1.54, 1.807) is 44.9 Å². The van der Waals surface area contributed by atoms with Crippen LogP contribution in [0.2, 0.25) is 0 Å². The Kier molecular flexibility index (Phi) is 6.65. The average molecular weight is 399 g/mol. The fourth-order valence-corrected chi connectivity index (χ4v) is 9.67. The van der Waals surface area contributed by atoms with E-state index in [1.807, 2.05) is 0 Å². The molecule has 8 unspecified atom stereocenters. The van der Waals surface area contributed by atoms with Crippen LogP contribution in [0.15, 0.2) is 0 Å². The molecule has 0 spiro atoms. The Morgan fingerprint density at radius 3 is 1.52 bits per heavy atom. The SMILES string of the molecule is CC12C3CCCCCCCCCCCCCCCCCC4C(C3)C3CC1CC2C43. The van der Waals surface area contributed by atoms with Crippen molar-refractivity contribution in [1.82, 2.24) is 0 Å². The van der Waals surface area contributed by atoms with E-state index in [1.165, 1.54) is 95.3 Å². The quantitative estimate of drug-likeness (QED) is 0.381. The second kappa shape index (κ2) is 9.24. The van der Waals surface area contributed by atoms with Crippen molar-refractivity contribution in [2.24, 2.45) is 46.8 Å². The summed E-state index contributed by atoms with van der Waals surface area (Å²) < 4.78 is 0. The highest BCUT2D eigenvalue weighted by Crippen LogP contribution is 2.78. The lowest BCUT2D eigenvalue weighted by molar-refractivity contribution is -0.215. The first-order valence-electron chi connectivity index (χ1n) is 14.3. The number of hydrogen-bond donors (Lipinski definition) is 0. The zero-order chi connectivity index (χ0) is 19.7. The maximum absolute atomic E-state index is 2.78. The van der Waals surface area contributed by atoms with Gasteiger partial charge in [-0.3, -0.25) is 0 Å². The molecule has 166 valence electrons. The van der Waals surface area contributed by atoms with Gasteiger partial charge in [-0.15, -0.1) is 0 Å². The van der Waals surface area contributed by atoms with Crippen LogP contribution in [-0.4, -0.2) is 0 Å². The first-order valence-corrected chi connectivity index (χ1v) is 14.3. The molecule has 7 fully saturated rings. The predicted molar refractivity (Wildman–Crippen MR) is 125 cm³/mol. The lowest BCUT2D eigenvalue weighted by Crippen LogP contribution is -2.64. The molecule has 29 heavy (non-hydrogen) atoms. The van der Waals surface area contributed by atoms with E-state index in [4.69, 9.17) is 0 Å². The summed E-state index contributed by atoms with van der Waals surface area (Å²) in [5, 5.41) is 0. The molecule has 7 aliphatic rings. The summed E-state index contributed by atoms with van der Waals surface area (Å²) in [5.41, 5.74) is 0.779. The normalized spacial score (nSPS) is 49.3. The van der Waals surface area contributed by atoms with Gasteiger partial charge >= 0.3 is 0 Å². The first kappa shape index (κ1) is 20.9. The van der Waals surface area contributed by atoms with Gasteiger partial charge in [0.2, 0.25) is 0 Å². The molecule has 0 heterocycles. The standard InChI is InChI=1S/C29H50/c1-29-22-17-15-13-11-9-7-5-3-2-4-6-8-10-12-14-16-18-24-25(19-22)26-20-23(29)21-27(29)28(24)26/h22-28H,2-21H2,1H3. The van der Waals surface area contributed by atoms with Crippen LogP contribution in [0.25, 0.3) is 0 Å². The van der Waals surface area contributed by atoms with E-state index in [-0.39, 0.29) is 0 Å². The van der Waals surface area contributed by atoms with Crippen molar-refractivity contribution in [3.8, 4) is 0 Å². The molecule has 0 nitrogen and oxygen atoms in total. The monoisotopic (exact) mass is 398 g/mol. The Morgan fingerprint density at radius 2 is 0.931 bits per heavy atom. The zero-order valence-corrected chi connectivity index (χ0v) is 19.7. The molecule has 0 aromatic carbocycles. The molecule has 7 saturated carbocycles. The molecule has 8 atom stereocenters. The zero-order valence-electron chi connectivity index (χ0n) is 19.7. The highest BCUT2D eigenvalue weighted by molar-refractivity contribution is 5.20. The first-order chi connectivity index (χ1) is 14.3. The third-order valence-corrected chi connectivity index (χ3v) is 11.4. The lowest BCUT2D eigenvalue weighted by Gasteiger charge is -2.70. The van der Waals surface area contributed by atoms with E-state index in [0.717, 1.165) is 35.0 Å². The Labute approximate surface area is 182 Å². The van der Waals surface area contributed by atoms with Gasteiger partial charge < -0.3 is 0 Å². The fraction of sp³-hybridized carbons (Fsp3) is 1.00. The van der Waals surface area contributed by atoms with Crippen LogP contribution in [-0.2, 0) is 0 Å². The summed E-state index contributed by atoms with van der Waals surface area (Å²) >= 11 is 0. The summed E-state index contributed by atoms with van der Waals surface area (Å²) in [5.74, 6) is 8.07. The highest BCUT2D eigenvalue weighted by atomic mass is 14.8. The van der Waals surface area contributed by atoms with Crippen molar-refractivity contribution in [2.45, 2.75) is 135 Å². The Bertz CT molecular complexity index is 522. The van der Waals surface area contributed by atoms with Crippen molar-refractivity contribution in [1.29, 1.82) is 0 Å². The molecule has 7 aliphatic carbocycles. The Balaban J connectivity index is 1.19. The molecule has 0 aromatic rings. The largest absolute Gasteiger partial charge is 0.0588 e. The van der Waals surface area contributed by atoms with E-state index in [9.17, 15) is 0 Å². The van der Waals surface area contributed by atoms with E-state index in [2.05, 4.69) is 6.92 Å². The van der Waals surface area contributed by atoms with Crippen LogP contribution in [0, 0.1) is 46.8 Å². The second-order valence-electron chi connectivity index (χ2n) is 12.5.